The Labute approximate surface area is 154 Å². The highest BCUT2D eigenvalue weighted by atomic mass is 16.5. The first-order valence-electron chi connectivity index (χ1n) is 9.10. The van der Waals surface area contributed by atoms with Gasteiger partial charge in [-0.15, -0.1) is 0 Å². The molecule has 0 aliphatic rings. The van der Waals surface area contributed by atoms with Gasteiger partial charge in [-0.3, -0.25) is 4.79 Å². The molecule has 0 amide bonds. The quantitative estimate of drug-likeness (QED) is 0.708. The van der Waals surface area contributed by atoms with Crippen molar-refractivity contribution in [2.24, 2.45) is 5.73 Å². The van der Waals surface area contributed by atoms with E-state index in [0.717, 1.165) is 39.8 Å². The summed E-state index contributed by atoms with van der Waals surface area (Å²) in [5, 5.41) is 1.03. The van der Waals surface area contributed by atoms with E-state index in [-0.39, 0.29) is 5.56 Å². The van der Waals surface area contributed by atoms with Crippen LogP contribution in [0.5, 0.6) is 5.75 Å². The zero-order chi connectivity index (χ0) is 18.7. The van der Waals surface area contributed by atoms with Gasteiger partial charge in [-0.1, -0.05) is 31.2 Å². The highest BCUT2D eigenvalue weighted by molar-refractivity contribution is 5.80. The van der Waals surface area contributed by atoms with Crippen LogP contribution in [-0.2, 0) is 18.4 Å². The Morgan fingerprint density at radius 3 is 2.65 bits per heavy atom. The lowest BCUT2D eigenvalue weighted by molar-refractivity contribution is 0.339. The Hall–Kier alpha value is -2.59. The molecule has 1 unspecified atom stereocenters. The van der Waals surface area contributed by atoms with Crippen molar-refractivity contribution in [3.05, 3.63) is 75.6 Å². The van der Waals surface area contributed by atoms with Crippen molar-refractivity contribution in [1.82, 2.24) is 4.98 Å². The number of aromatic nitrogens is 1. The van der Waals surface area contributed by atoms with E-state index in [2.05, 4.69) is 11.1 Å². The molecule has 0 fully saturated rings. The number of hydrogen-bond acceptors (Lipinski definition) is 3. The highest BCUT2D eigenvalue weighted by Gasteiger charge is 2.22. The molecule has 0 saturated heterocycles. The third kappa shape index (κ3) is 3.81. The number of pyridine rings is 1. The summed E-state index contributed by atoms with van der Waals surface area (Å²) < 4.78 is 5.58. The van der Waals surface area contributed by atoms with Gasteiger partial charge in [0.05, 0.1) is 6.61 Å². The summed E-state index contributed by atoms with van der Waals surface area (Å²) in [4.78, 5) is 15.1. The molecule has 4 heteroatoms. The van der Waals surface area contributed by atoms with Crippen LogP contribution in [0, 0.1) is 0 Å². The Kier molecular flexibility index (Phi) is 5.14. The van der Waals surface area contributed by atoms with Gasteiger partial charge in [-0.05, 0) is 67.5 Å². The van der Waals surface area contributed by atoms with Gasteiger partial charge < -0.3 is 15.5 Å². The second-order valence-corrected chi connectivity index (χ2v) is 6.95. The van der Waals surface area contributed by atoms with E-state index in [9.17, 15) is 4.79 Å². The lowest BCUT2D eigenvalue weighted by Gasteiger charge is -2.26. The minimum atomic E-state index is -0.556. The van der Waals surface area contributed by atoms with Crippen molar-refractivity contribution < 1.29 is 4.74 Å². The van der Waals surface area contributed by atoms with Crippen LogP contribution in [0.25, 0.3) is 10.9 Å². The van der Waals surface area contributed by atoms with Gasteiger partial charge in [-0.25, -0.2) is 0 Å². The second-order valence-electron chi connectivity index (χ2n) is 6.95. The molecular weight excluding hydrogens is 324 g/mol. The number of nitrogens with one attached hydrogen (secondary N) is 1. The number of aromatic amines is 1. The van der Waals surface area contributed by atoms with Crippen molar-refractivity contribution in [3.8, 4) is 5.75 Å². The normalized spacial score (nSPS) is 13.5. The van der Waals surface area contributed by atoms with Crippen molar-refractivity contribution >= 4 is 10.9 Å². The first kappa shape index (κ1) is 18.2. The first-order valence-corrected chi connectivity index (χ1v) is 9.10. The zero-order valence-electron chi connectivity index (χ0n) is 15.6. The molecule has 1 aromatic heterocycles. The summed E-state index contributed by atoms with van der Waals surface area (Å²) in [5.41, 5.74) is 9.80. The lowest BCUT2D eigenvalue weighted by Crippen LogP contribution is -2.35. The maximum absolute atomic E-state index is 12.1. The van der Waals surface area contributed by atoms with Crippen molar-refractivity contribution in [1.29, 1.82) is 0 Å². The molecular formula is C22H26N2O2. The number of hydrogen-bond donors (Lipinski definition) is 2. The molecule has 0 aliphatic heterocycles. The largest absolute Gasteiger partial charge is 0.494 e. The molecule has 0 aliphatic carbocycles. The van der Waals surface area contributed by atoms with Crippen LogP contribution in [-0.4, -0.2) is 11.6 Å². The number of benzene rings is 2. The molecule has 3 aromatic rings. The Morgan fingerprint density at radius 2 is 1.92 bits per heavy atom. The van der Waals surface area contributed by atoms with Crippen LogP contribution in [0.2, 0.25) is 0 Å². The van der Waals surface area contributed by atoms with Crippen LogP contribution in [0.1, 0.15) is 37.5 Å². The van der Waals surface area contributed by atoms with Gasteiger partial charge >= 0.3 is 0 Å². The van der Waals surface area contributed by atoms with E-state index in [4.69, 9.17) is 10.5 Å². The topological polar surface area (TPSA) is 68.1 Å². The van der Waals surface area contributed by atoms with Gasteiger partial charge in [0, 0.05) is 16.6 Å². The fraction of sp³-hybridized carbons (Fsp3) is 0.318. The van der Waals surface area contributed by atoms with E-state index in [0.29, 0.717) is 13.0 Å². The predicted octanol–water partition coefficient (Wildman–Crippen LogP) is 3.91. The third-order valence-electron chi connectivity index (χ3n) is 4.74. The fourth-order valence-corrected chi connectivity index (χ4v) is 3.30. The van der Waals surface area contributed by atoms with Gasteiger partial charge in [0.25, 0.3) is 5.56 Å². The smallest absolute Gasteiger partial charge is 0.251 e. The summed E-state index contributed by atoms with van der Waals surface area (Å²) in [6.07, 6.45) is 1.40. The Balaban J connectivity index is 1.93. The lowest BCUT2D eigenvalue weighted by atomic mass is 9.86. The maximum Gasteiger partial charge on any atom is 0.251 e. The molecule has 4 nitrogen and oxygen atoms in total. The number of ether oxygens (including phenoxy) is 1. The zero-order valence-corrected chi connectivity index (χ0v) is 15.6. The molecule has 2 aromatic carbocycles. The number of H-pyrrole nitrogens is 1. The third-order valence-corrected chi connectivity index (χ3v) is 4.74. The number of aryl methyl sites for hydroxylation is 1. The summed E-state index contributed by atoms with van der Waals surface area (Å²) in [6.45, 7) is 6.61. The van der Waals surface area contributed by atoms with Gasteiger partial charge in [0.1, 0.15) is 5.75 Å². The highest BCUT2D eigenvalue weighted by Crippen LogP contribution is 2.27. The van der Waals surface area contributed by atoms with Crippen LogP contribution >= 0.6 is 0 Å². The average Bonchev–Trinajstić information content (AvgIpc) is 2.61. The molecule has 0 bridgehead atoms. The summed E-state index contributed by atoms with van der Waals surface area (Å²) in [7, 11) is 0. The van der Waals surface area contributed by atoms with E-state index in [1.807, 2.05) is 63.2 Å². The Bertz CT molecular complexity index is 973. The summed E-state index contributed by atoms with van der Waals surface area (Å²) >= 11 is 0. The standard InChI is InChI=1S/C22H26N2O2/c1-4-16-12-17-9-10-18(13-20(17)24-21(16)25)22(3,23)14-15-7-6-8-19(11-15)26-5-2/h6-13H,4-5,14,23H2,1-3H3,(H,24,25). The molecule has 0 radical (unpaired) electrons. The van der Waals surface area contributed by atoms with Crippen molar-refractivity contribution in [2.45, 2.75) is 39.2 Å². The average molecular weight is 350 g/mol. The summed E-state index contributed by atoms with van der Waals surface area (Å²) in [5.74, 6) is 0.857. The van der Waals surface area contributed by atoms with E-state index < -0.39 is 5.54 Å². The monoisotopic (exact) mass is 350 g/mol. The molecule has 1 heterocycles. The van der Waals surface area contributed by atoms with Crippen molar-refractivity contribution in [3.63, 3.8) is 0 Å². The summed E-state index contributed by atoms with van der Waals surface area (Å²) in [6, 6.07) is 16.1. The molecule has 1 atom stereocenters. The Morgan fingerprint density at radius 1 is 1.12 bits per heavy atom. The van der Waals surface area contributed by atoms with Crippen LogP contribution < -0.4 is 16.0 Å². The van der Waals surface area contributed by atoms with Crippen LogP contribution in [0.15, 0.2) is 53.3 Å². The number of rotatable bonds is 6. The molecule has 0 spiro atoms. The number of fused-ring (bicyclic) bond motifs is 1. The van der Waals surface area contributed by atoms with Gasteiger partial charge in [0.15, 0.2) is 0 Å². The van der Waals surface area contributed by atoms with E-state index in [1.165, 1.54) is 0 Å². The maximum atomic E-state index is 12.1. The minimum Gasteiger partial charge on any atom is -0.494 e. The molecule has 3 N–H and O–H groups in total. The molecule has 0 saturated carbocycles. The fourth-order valence-electron chi connectivity index (χ4n) is 3.30. The molecule has 136 valence electrons. The van der Waals surface area contributed by atoms with E-state index in [1.54, 1.807) is 0 Å². The van der Waals surface area contributed by atoms with Crippen LogP contribution in [0.4, 0.5) is 0 Å². The van der Waals surface area contributed by atoms with Gasteiger partial charge in [0.2, 0.25) is 0 Å². The molecule has 26 heavy (non-hydrogen) atoms. The predicted molar refractivity (Wildman–Crippen MR) is 107 cm³/mol. The van der Waals surface area contributed by atoms with E-state index >= 15 is 0 Å². The number of nitrogens with two attached hydrogens (primary N) is 1. The van der Waals surface area contributed by atoms with Crippen molar-refractivity contribution in [2.75, 3.05) is 6.61 Å². The van der Waals surface area contributed by atoms with Gasteiger partial charge in [-0.2, -0.15) is 0 Å². The minimum absolute atomic E-state index is 0.0275. The first-order chi connectivity index (χ1) is 12.4. The second kappa shape index (κ2) is 7.34. The van der Waals surface area contributed by atoms with Crippen LogP contribution in [0.3, 0.4) is 0 Å². The SMILES string of the molecule is CCOc1cccc(CC(C)(N)c2ccc3cc(CC)c(=O)[nH]c3c2)c1. The molecule has 3 rings (SSSR count).